The summed E-state index contributed by atoms with van der Waals surface area (Å²) in [6.45, 7) is 1.83. The molecule has 0 aromatic carbocycles. The second-order valence-corrected chi connectivity index (χ2v) is 5.32. The molecule has 8 heteroatoms. The van der Waals surface area contributed by atoms with E-state index in [4.69, 9.17) is 0 Å². The van der Waals surface area contributed by atoms with E-state index in [-0.39, 0.29) is 11.9 Å². The van der Waals surface area contributed by atoms with Crippen LogP contribution in [0, 0.1) is 6.92 Å². The Morgan fingerprint density at radius 1 is 1.48 bits per heavy atom. The number of hydrogen-bond acceptors (Lipinski definition) is 6. The molecular formula is C13H16N4O3S. The second-order valence-electron chi connectivity index (χ2n) is 4.46. The summed E-state index contributed by atoms with van der Waals surface area (Å²) < 4.78 is 4.57. The standard InChI is InChI=1S/C13H16N4O3S/c1-8-6-10(17-16-8)12(19)15-13-14-9(7-21-13)4-3-5-11(18)20-2/h6-7H,3-5H2,1-2H3,(H,16,17)(H,14,15,19). The SMILES string of the molecule is COC(=O)CCCc1csc(NC(=O)c2cc(C)[nH]n2)n1. The van der Waals surface area contributed by atoms with Crippen molar-refractivity contribution in [3.63, 3.8) is 0 Å². The van der Waals surface area contributed by atoms with E-state index in [1.54, 1.807) is 6.07 Å². The van der Waals surface area contributed by atoms with Gasteiger partial charge in [0.25, 0.3) is 5.91 Å². The number of anilines is 1. The smallest absolute Gasteiger partial charge is 0.305 e. The van der Waals surface area contributed by atoms with Crippen molar-refractivity contribution in [2.24, 2.45) is 0 Å². The number of H-pyrrole nitrogens is 1. The number of aryl methyl sites for hydroxylation is 2. The molecule has 0 aliphatic rings. The number of carbonyl (C=O) groups excluding carboxylic acids is 2. The maximum atomic E-state index is 11.9. The van der Waals surface area contributed by atoms with E-state index >= 15 is 0 Å². The first-order chi connectivity index (χ1) is 10.1. The van der Waals surface area contributed by atoms with E-state index < -0.39 is 0 Å². The summed E-state index contributed by atoms with van der Waals surface area (Å²) in [5.74, 6) is -0.525. The molecule has 21 heavy (non-hydrogen) atoms. The van der Waals surface area contributed by atoms with Gasteiger partial charge >= 0.3 is 5.97 Å². The number of hydrogen-bond donors (Lipinski definition) is 2. The van der Waals surface area contributed by atoms with Gasteiger partial charge in [0.15, 0.2) is 10.8 Å². The zero-order valence-electron chi connectivity index (χ0n) is 11.8. The molecule has 7 nitrogen and oxygen atoms in total. The normalized spacial score (nSPS) is 10.4. The van der Waals surface area contributed by atoms with Crippen LogP contribution in [0.4, 0.5) is 5.13 Å². The summed E-state index contributed by atoms with van der Waals surface area (Å²) in [5, 5.41) is 11.7. The largest absolute Gasteiger partial charge is 0.469 e. The van der Waals surface area contributed by atoms with Crippen molar-refractivity contribution in [1.82, 2.24) is 15.2 Å². The van der Waals surface area contributed by atoms with Crippen LogP contribution >= 0.6 is 11.3 Å². The number of ether oxygens (including phenoxy) is 1. The fraction of sp³-hybridized carbons (Fsp3) is 0.385. The summed E-state index contributed by atoms with van der Waals surface area (Å²) in [5.41, 5.74) is 2.00. The number of aromatic amines is 1. The number of nitrogens with zero attached hydrogens (tertiary/aromatic N) is 2. The molecule has 0 fully saturated rings. The van der Waals surface area contributed by atoms with E-state index in [0.29, 0.717) is 30.1 Å². The minimum atomic E-state index is -0.296. The van der Waals surface area contributed by atoms with E-state index in [2.05, 4.69) is 25.2 Å². The van der Waals surface area contributed by atoms with Crippen LogP contribution in [0.2, 0.25) is 0 Å². The third-order valence-corrected chi connectivity index (χ3v) is 3.56. The Morgan fingerprint density at radius 2 is 2.29 bits per heavy atom. The van der Waals surface area contributed by atoms with Crippen LogP contribution in [0.15, 0.2) is 11.4 Å². The van der Waals surface area contributed by atoms with Gasteiger partial charge in [-0.2, -0.15) is 5.10 Å². The van der Waals surface area contributed by atoms with Crippen molar-refractivity contribution in [3.8, 4) is 0 Å². The van der Waals surface area contributed by atoms with Crippen molar-refractivity contribution in [2.75, 3.05) is 12.4 Å². The predicted octanol–water partition coefficient (Wildman–Crippen LogP) is 1.92. The van der Waals surface area contributed by atoms with Crippen LogP contribution < -0.4 is 5.32 Å². The molecule has 2 aromatic heterocycles. The first-order valence-corrected chi connectivity index (χ1v) is 7.31. The minimum absolute atomic E-state index is 0.229. The molecule has 2 N–H and O–H groups in total. The Balaban J connectivity index is 1.85. The van der Waals surface area contributed by atoms with Crippen molar-refractivity contribution in [1.29, 1.82) is 0 Å². The van der Waals surface area contributed by atoms with Crippen LogP contribution in [0.1, 0.15) is 34.7 Å². The van der Waals surface area contributed by atoms with Gasteiger partial charge < -0.3 is 4.74 Å². The van der Waals surface area contributed by atoms with Crippen LogP contribution in [-0.4, -0.2) is 34.2 Å². The van der Waals surface area contributed by atoms with Crippen LogP contribution in [0.5, 0.6) is 0 Å². The van der Waals surface area contributed by atoms with Gasteiger partial charge in [0.1, 0.15) is 0 Å². The molecule has 2 heterocycles. The average molecular weight is 308 g/mol. The molecule has 0 spiro atoms. The molecule has 0 aliphatic heterocycles. The molecule has 0 atom stereocenters. The van der Waals surface area contributed by atoms with Gasteiger partial charge in [-0.25, -0.2) is 4.98 Å². The van der Waals surface area contributed by atoms with E-state index in [9.17, 15) is 9.59 Å². The fourth-order valence-electron chi connectivity index (χ4n) is 1.69. The van der Waals surface area contributed by atoms with Gasteiger partial charge in [-0.1, -0.05) is 0 Å². The molecule has 1 amide bonds. The number of thiazole rings is 1. The van der Waals surface area contributed by atoms with Crippen LogP contribution in [-0.2, 0) is 16.0 Å². The summed E-state index contributed by atoms with van der Waals surface area (Å²) in [7, 11) is 1.37. The first-order valence-electron chi connectivity index (χ1n) is 6.43. The number of aromatic nitrogens is 3. The number of methoxy groups -OCH3 is 1. The summed E-state index contributed by atoms with van der Waals surface area (Å²) in [6.07, 6.45) is 1.70. The highest BCUT2D eigenvalue weighted by atomic mass is 32.1. The first kappa shape index (κ1) is 15.2. The van der Waals surface area contributed by atoms with Crippen molar-refractivity contribution in [2.45, 2.75) is 26.2 Å². The summed E-state index contributed by atoms with van der Waals surface area (Å²) in [6, 6.07) is 1.67. The molecule has 2 aromatic rings. The number of nitrogens with one attached hydrogen (secondary N) is 2. The Morgan fingerprint density at radius 3 is 2.95 bits per heavy atom. The van der Waals surface area contributed by atoms with Crippen LogP contribution in [0.3, 0.4) is 0 Å². The number of esters is 1. The van der Waals surface area contributed by atoms with Gasteiger partial charge in [-0.05, 0) is 25.8 Å². The Hall–Kier alpha value is -2.22. The number of amides is 1. The van der Waals surface area contributed by atoms with Gasteiger partial charge in [0.05, 0.1) is 12.8 Å². The maximum Gasteiger partial charge on any atom is 0.305 e. The molecule has 0 unspecified atom stereocenters. The monoisotopic (exact) mass is 308 g/mol. The lowest BCUT2D eigenvalue weighted by Gasteiger charge is -1.98. The third-order valence-electron chi connectivity index (χ3n) is 2.75. The quantitative estimate of drug-likeness (QED) is 0.795. The molecule has 112 valence electrons. The maximum absolute atomic E-state index is 11.9. The Kier molecular flexibility index (Phi) is 5.04. The molecule has 0 saturated heterocycles. The van der Waals surface area contributed by atoms with Crippen molar-refractivity contribution < 1.29 is 14.3 Å². The topological polar surface area (TPSA) is 97.0 Å². The summed E-state index contributed by atoms with van der Waals surface area (Å²) >= 11 is 1.35. The third kappa shape index (κ3) is 4.38. The van der Waals surface area contributed by atoms with Gasteiger partial charge in [-0.15, -0.1) is 11.3 Å². The average Bonchev–Trinajstić information content (AvgIpc) is 3.08. The Bertz CT molecular complexity index is 635. The predicted molar refractivity (Wildman–Crippen MR) is 78.3 cm³/mol. The lowest BCUT2D eigenvalue weighted by Crippen LogP contribution is -2.12. The molecular weight excluding hydrogens is 292 g/mol. The Labute approximate surface area is 125 Å². The molecule has 0 saturated carbocycles. The zero-order chi connectivity index (χ0) is 15.2. The fourth-order valence-corrected chi connectivity index (χ4v) is 2.43. The highest BCUT2D eigenvalue weighted by Gasteiger charge is 2.12. The van der Waals surface area contributed by atoms with Gasteiger partial charge in [0, 0.05) is 17.5 Å². The second kappa shape index (κ2) is 6.98. The molecule has 2 rings (SSSR count). The van der Waals surface area contributed by atoms with E-state index in [1.807, 2.05) is 12.3 Å². The molecule has 0 radical (unpaired) electrons. The van der Waals surface area contributed by atoms with Crippen LogP contribution in [0.25, 0.3) is 0 Å². The number of rotatable bonds is 6. The van der Waals surface area contributed by atoms with Crippen molar-refractivity contribution in [3.05, 3.63) is 28.5 Å². The highest BCUT2D eigenvalue weighted by Crippen LogP contribution is 2.17. The van der Waals surface area contributed by atoms with E-state index in [0.717, 1.165) is 11.4 Å². The lowest BCUT2D eigenvalue weighted by atomic mass is 10.2. The van der Waals surface area contributed by atoms with Gasteiger partial charge in [0.2, 0.25) is 0 Å². The van der Waals surface area contributed by atoms with E-state index in [1.165, 1.54) is 18.4 Å². The molecule has 0 bridgehead atoms. The minimum Gasteiger partial charge on any atom is -0.469 e. The van der Waals surface area contributed by atoms with Gasteiger partial charge in [-0.3, -0.25) is 20.0 Å². The van der Waals surface area contributed by atoms with Crippen molar-refractivity contribution >= 4 is 28.3 Å². The highest BCUT2D eigenvalue weighted by molar-refractivity contribution is 7.13. The number of carbonyl (C=O) groups is 2. The summed E-state index contributed by atoms with van der Waals surface area (Å²) in [4.78, 5) is 27.2. The zero-order valence-corrected chi connectivity index (χ0v) is 12.6. The molecule has 0 aliphatic carbocycles. The lowest BCUT2D eigenvalue weighted by molar-refractivity contribution is -0.140.